The van der Waals surface area contributed by atoms with Crippen molar-refractivity contribution in [2.45, 2.75) is 305 Å². The highest BCUT2D eigenvalue weighted by Crippen LogP contribution is 2.60. The molecule has 18 rings (SSSR count). The van der Waals surface area contributed by atoms with Crippen molar-refractivity contribution in [2.24, 2.45) is 0 Å². The summed E-state index contributed by atoms with van der Waals surface area (Å²) in [5, 5.41) is 81.6. The van der Waals surface area contributed by atoms with Crippen LogP contribution < -0.4 is 29.4 Å². The number of nitro benzene ring substituents is 1. The van der Waals surface area contributed by atoms with Crippen molar-refractivity contribution in [1.82, 2.24) is 0 Å². The van der Waals surface area contributed by atoms with Crippen molar-refractivity contribution in [3.05, 3.63) is 217 Å². The predicted octanol–water partition coefficient (Wildman–Crippen LogP) is 33.5. The van der Waals surface area contributed by atoms with Gasteiger partial charge in [0.25, 0.3) is 5.69 Å². The molecule has 12 aromatic rings. The number of halogens is 14. The molecule has 12 aromatic carbocycles. The molecular weight excluding hydrogens is 1990 g/mol. The number of nitro groups is 1. The van der Waals surface area contributed by atoms with Gasteiger partial charge in [-0.25, -0.2) is 0 Å². The number of anilines is 6. The van der Waals surface area contributed by atoms with Gasteiger partial charge < -0.3 is 60.0 Å². The minimum atomic E-state index is -4.55. The van der Waals surface area contributed by atoms with E-state index in [2.05, 4.69) is 181 Å². The fraction of sp³-hybridized carbons (Fsp3) is 0.474. The van der Waals surface area contributed by atoms with E-state index < -0.39 is 44.0 Å². The van der Waals surface area contributed by atoms with Crippen molar-refractivity contribution in [3.63, 3.8) is 0 Å². The lowest BCUT2D eigenvalue weighted by Crippen LogP contribution is -2.41. The Balaban J connectivity index is 0.000000144. The van der Waals surface area contributed by atoms with Gasteiger partial charge in [-0.2, -0.15) is 26.3 Å². The molecule has 6 heterocycles. The van der Waals surface area contributed by atoms with Crippen LogP contribution in [0.4, 0.5) is 66.2 Å². The minimum Gasteiger partial charge on any atom is -0.507 e. The number of hydrogen-bond acceptors (Lipinski definition) is 14. The minimum absolute atomic E-state index is 0.00190. The second-order valence-corrected chi connectivity index (χ2v) is 51.2. The molecule has 6 aliphatic heterocycles. The first-order chi connectivity index (χ1) is 65.8. The van der Waals surface area contributed by atoms with Crippen LogP contribution in [0.25, 0.3) is 64.6 Å². The molecule has 6 N–H and O–H groups in total. The Morgan fingerprint density at radius 2 is 0.531 bits per heavy atom. The Kier molecular flexibility index (Phi) is 31.4. The van der Waals surface area contributed by atoms with E-state index in [1.807, 2.05) is 101 Å². The van der Waals surface area contributed by atoms with Crippen LogP contribution in [-0.2, 0) is 17.8 Å². The van der Waals surface area contributed by atoms with Gasteiger partial charge in [0.05, 0.1) is 21.4 Å². The Hall–Kier alpha value is -8.90. The third kappa shape index (κ3) is 21.8. The fourth-order valence-electron chi connectivity index (χ4n) is 21.8. The van der Waals surface area contributed by atoms with Crippen LogP contribution in [0, 0.1) is 24.0 Å². The molecule has 143 heavy (non-hydrogen) atoms. The van der Waals surface area contributed by atoms with Crippen molar-refractivity contribution >= 4 is 197 Å². The van der Waals surface area contributed by atoms with E-state index in [9.17, 15) is 67.1 Å². The van der Waals surface area contributed by atoms with Crippen LogP contribution in [-0.4, -0.2) is 139 Å². The van der Waals surface area contributed by atoms with Crippen LogP contribution in [0.5, 0.6) is 34.5 Å². The number of phenolic OH excluding ortho intramolecular Hbond substituents is 6. The zero-order chi connectivity index (χ0) is 106. The van der Waals surface area contributed by atoms with Crippen molar-refractivity contribution in [1.29, 1.82) is 0 Å². The Morgan fingerprint density at radius 3 is 0.804 bits per heavy atom. The van der Waals surface area contributed by atoms with Gasteiger partial charge in [0, 0.05) is 249 Å². The molecule has 0 spiro atoms. The number of aryl methyl sites for hydroxylation is 2. The lowest BCUT2D eigenvalue weighted by atomic mass is 9.83. The molecule has 29 heteroatoms. The average Bonchev–Trinajstić information content (AvgIpc) is 1.61. The maximum atomic E-state index is 13.6. The van der Waals surface area contributed by atoms with Crippen LogP contribution in [0.2, 0.25) is 0 Å². The van der Waals surface area contributed by atoms with Gasteiger partial charge in [0.15, 0.2) is 0 Å². The highest BCUT2D eigenvalue weighted by atomic mass is 35.5. The van der Waals surface area contributed by atoms with E-state index in [4.69, 9.17) is 92.8 Å². The second kappa shape index (κ2) is 40.3. The van der Waals surface area contributed by atoms with Crippen molar-refractivity contribution < 1.29 is 61.9 Å². The number of aromatic hydroxyl groups is 6. The first kappa shape index (κ1) is 111. The van der Waals surface area contributed by atoms with Crippen LogP contribution in [0.15, 0.2) is 146 Å². The smallest absolute Gasteiger partial charge is 0.417 e. The number of benzene rings is 12. The zero-order valence-electron chi connectivity index (χ0n) is 86.4. The van der Waals surface area contributed by atoms with Gasteiger partial charge in [-0.3, -0.25) is 10.1 Å². The molecular formula is C114H135Cl8F6N7O8. The first-order valence-electron chi connectivity index (χ1n) is 48.6. The summed E-state index contributed by atoms with van der Waals surface area (Å²) in [6.07, 6.45) is -9.05. The molecule has 0 aromatic heterocycles. The summed E-state index contributed by atoms with van der Waals surface area (Å²) in [6.45, 7) is 60.7. The second-order valence-electron chi connectivity index (χ2n) is 46.1. The van der Waals surface area contributed by atoms with Crippen LogP contribution >= 0.6 is 92.8 Å². The standard InChI is InChI=1S/C22H30ClNO.C19H21ClF3NO.C19H24ClNO.C18H18Cl2F3NO.C18H21Cl2NO.C18H21ClN2O3/c1-13(23)17-12-24(22(5,6)7)18-11-19(25)15-9-8-14(21(2,3)4)10-16(15)20(17)18;1-10(20)12-9-24(18(2,3)4)14-8-15(25)11-6-5-7-13(19(21,22)23)16(11)17(12)14;1-11-7-6-8-13-16(22)9-15-18(17(11)13)14(12(2)20)10-21(15)19(3,4)5;1-17(2,3)24-8-10(16(19)20)15-12(24)7-13(25)9-5-4-6-11(14(9)15)18(21,22)23;1-10-6-5-7-11-14(22)8-13-16(15(10)11)12(17(19)20)9-21(13)18(2,3)4;1-10(19)12-9-20(18(2,3)4)14-8-15(22)11-6-5-7-13(21(23)24)16(11)17(12)14/h8-11,13,17,25H,12H2,1-7H3;5-8,10,12,25H,9H2,1-4H3;6-9,12,14,22H,10H2,1-5H3;4-7,10,16,25H,8H2,1-3H3;5-8,12,17,22H,9H2,1-4H3;5-8,10,12,22H,9H2,1-4H3/t13-,17+;10-,12+;12-,14+;10-;12-;10-,12+/m111111/s1. The van der Waals surface area contributed by atoms with Crippen LogP contribution in [0.1, 0.15) is 270 Å². The lowest BCUT2D eigenvalue weighted by molar-refractivity contribution is -0.383. The van der Waals surface area contributed by atoms with Crippen molar-refractivity contribution in [3.8, 4) is 34.5 Å². The molecule has 0 amide bonds. The highest BCUT2D eigenvalue weighted by Gasteiger charge is 2.49. The topological polar surface area (TPSA) is 184 Å². The largest absolute Gasteiger partial charge is 0.507 e. The third-order valence-corrected chi connectivity index (χ3v) is 31.4. The number of nitrogens with zero attached hydrogens (tertiary/aromatic N) is 7. The maximum absolute atomic E-state index is 13.6. The summed E-state index contributed by atoms with van der Waals surface area (Å²) in [5.74, 6) is 0.568. The molecule has 0 bridgehead atoms. The summed E-state index contributed by atoms with van der Waals surface area (Å²) in [6, 6.07) is 41.5. The Bertz CT molecular complexity index is 6600. The summed E-state index contributed by atoms with van der Waals surface area (Å²) in [5.41, 5.74) is 12.2. The number of rotatable bonds is 7. The van der Waals surface area contributed by atoms with Gasteiger partial charge in [0.2, 0.25) is 0 Å². The van der Waals surface area contributed by atoms with E-state index in [1.165, 1.54) is 64.0 Å². The number of non-ortho nitro benzene ring substituents is 1. The summed E-state index contributed by atoms with van der Waals surface area (Å²) in [4.78, 5) is 23.0. The number of phenols is 6. The monoisotopic (exact) mass is 2120 g/mol. The molecule has 772 valence electrons. The Labute approximate surface area is 877 Å². The van der Waals surface area contributed by atoms with E-state index in [0.29, 0.717) is 70.2 Å². The SMILES string of the molecule is CC(C)(C)N1C[C@@H](C(Cl)Cl)c2c1cc(O)c1cccc(C(F)(F)F)c21.C[C@@H](Cl)[C@@H]1CN(C(C)(C)C)c2cc(O)c3ccc(C(C)(C)C)cc3c21.C[C@@H](Cl)[C@@H]1CN(C(C)(C)C)c2cc(O)c3cccc(C(F)(F)F)c3c21.C[C@@H](Cl)[C@@H]1CN(C(C)(C)C)c2cc(O)c3cccc([N+](=O)[O-])c3c21.Cc1cccc2c(O)cc3c(c12)[C@H](C(Cl)Cl)CN3C(C)(C)C.Cc1cccc2c(O)cc3c(c12)[C@H]([C@@H](C)Cl)CN3C(C)(C)C. The summed E-state index contributed by atoms with van der Waals surface area (Å²) >= 11 is 50.8. The summed E-state index contributed by atoms with van der Waals surface area (Å²) < 4.78 is 81.8. The van der Waals surface area contributed by atoms with E-state index in [1.54, 1.807) is 31.2 Å². The van der Waals surface area contributed by atoms with Crippen LogP contribution in [0.3, 0.4) is 0 Å². The van der Waals surface area contributed by atoms with Gasteiger partial charge in [0.1, 0.15) is 44.2 Å². The molecule has 0 fully saturated rings. The normalized spacial score (nSPS) is 18.9. The fourth-order valence-corrected chi connectivity index (χ4v) is 23.5. The molecule has 10 atom stereocenters. The molecule has 0 radical (unpaired) electrons. The van der Waals surface area contributed by atoms with Gasteiger partial charge >= 0.3 is 12.4 Å². The molecule has 0 saturated heterocycles. The van der Waals surface area contributed by atoms with Gasteiger partial charge in [-0.05, 0) is 250 Å². The molecule has 6 aliphatic rings. The van der Waals surface area contributed by atoms with E-state index >= 15 is 0 Å². The average molecular weight is 2130 g/mol. The highest BCUT2D eigenvalue weighted by molar-refractivity contribution is 6.45. The number of alkyl halides is 14. The quantitative estimate of drug-likeness (QED) is 0.0383. The molecule has 0 unspecified atom stereocenters. The van der Waals surface area contributed by atoms with Gasteiger partial charge in [-0.1, -0.05) is 112 Å². The Morgan fingerprint density at radius 1 is 0.301 bits per heavy atom. The first-order valence-corrected chi connectivity index (χ1v) is 52.0. The molecule has 0 aliphatic carbocycles. The summed E-state index contributed by atoms with van der Waals surface area (Å²) in [7, 11) is 0. The molecule has 15 nitrogen and oxygen atoms in total. The van der Waals surface area contributed by atoms with E-state index in [-0.39, 0.29) is 134 Å². The van der Waals surface area contributed by atoms with Crippen molar-refractivity contribution in [2.75, 3.05) is 68.7 Å². The maximum Gasteiger partial charge on any atom is 0.417 e. The van der Waals surface area contributed by atoms with Gasteiger partial charge in [-0.15, -0.1) is 92.8 Å². The zero-order valence-corrected chi connectivity index (χ0v) is 92.5. The number of fused-ring (bicyclic) bond motifs is 18. The van der Waals surface area contributed by atoms with E-state index in [0.717, 1.165) is 98.1 Å². The molecule has 0 saturated carbocycles. The number of hydrogen-bond donors (Lipinski definition) is 6. The predicted molar refractivity (Wildman–Crippen MR) is 590 cm³/mol. The lowest BCUT2D eigenvalue weighted by Gasteiger charge is -2.35. The third-order valence-electron chi connectivity index (χ3n) is 28.9.